The van der Waals surface area contributed by atoms with Crippen molar-refractivity contribution in [1.29, 1.82) is 0 Å². The Morgan fingerprint density at radius 3 is 2.75 bits per heavy atom. The van der Waals surface area contributed by atoms with Gasteiger partial charge in [0.05, 0.1) is 13.2 Å². The molecule has 0 aromatic heterocycles. The predicted molar refractivity (Wildman–Crippen MR) is 101 cm³/mol. The van der Waals surface area contributed by atoms with Crippen LogP contribution in [0, 0.1) is 0 Å². The second kappa shape index (κ2) is 12.0. The van der Waals surface area contributed by atoms with E-state index in [0.29, 0.717) is 13.2 Å². The Labute approximate surface area is 155 Å². The van der Waals surface area contributed by atoms with Gasteiger partial charge in [0, 0.05) is 17.7 Å². The molecular formula is C20H31BrO3. The zero-order chi connectivity index (χ0) is 17.0. The molecule has 1 saturated heterocycles. The van der Waals surface area contributed by atoms with Gasteiger partial charge in [-0.25, -0.2) is 0 Å². The van der Waals surface area contributed by atoms with Crippen LogP contribution in [0.25, 0.3) is 0 Å². The molecular weight excluding hydrogens is 368 g/mol. The number of hydrogen-bond acceptors (Lipinski definition) is 3. The van der Waals surface area contributed by atoms with Crippen LogP contribution < -0.4 is 0 Å². The molecule has 0 spiro atoms. The molecule has 1 aliphatic rings. The Bertz CT molecular complexity index is 458. The maximum absolute atomic E-state index is 5.85. The van der Waals surface area contributed by atoms with Crippen LogP contribution in [0.1, 0.15) is 69.4 Å². The van der Waals surface area contributed by atoms with Crippen LogP contribution in [-0.4, -0.2) is 19.5 Å². The molecule has 2 rings (SSSR count). The topological polar surface area (TPSA) is 27.7 Å². The normalized spacial score (nSPS) is 18.0. The van der Waals surface area contributed by atoms with E-state index in [9.17, 15) is 0 Å². The van der Waals surface area contributed by atoms with Crippen molar-refractivity contribution in [2.24, 2.45) is 0 Å². The highest BCUT2D eigenvalue weighted by molar-refractivity contribution is 9.10. The average Bonchev–Trinajstić information content (AvgIpc) is 2.61. The van der Waals surface area contributed by atoms with Gasteiger partial charge in [-0.15, -0.1) is 0 Å². The lowest BCUT2D eigenvalue weighted by atomic mass is 10.1. The fourth-order valence-electron chi connectivity index (χ4n) is 2.82. The first-order chi connectivity index (χ1) is 11.8. The fraction of sp³-hybridized carbons (Fsp3) is 0.700. The number of benzene rings is 1. The third kappa shape index (κ3) is 7.64. The highest BCUT2D eigenvalue weighted by atomic mass is 79.9. The molecule has 1 atom stereocenters. The second-order valence-electron chi connectivity index (χ2n) is 6.50. The molecule has 0 saturated carbocycles. The van der Waals surface area contributed by atoms with Crippen molar-refractivity contribution in [3.63, 3.8) is 0 Å². The molecule has 4 heteroatoms. The van der Waals surface area contributed by atoms with Gasteiger partial charge >= 0.3 is 0 Å². The van der Waals surface area contributed by atoms with E-state index in [-0.39, 0.29) is 6.29 Å². The smallest absolute Gasteiger partial charge is 0.158 e. The van der Waals surface area contributed by atoms with E-state index in [0.717, 1.165) is 42.5 Å². The van der Waals surface area contributed by atoms with E-state index >= 15 is 0 Å². The summed E-state index contributed by atoms with van der Waals surface area (Å²) in [5.74, 6) is 0. The highest BCUT2D eigenvalue weighted by Crippen LogP contribution is 2.22. The minimum Gasteiger partial charge on any atom is -0.377 e. The molecule has 1 aromatic rings. The molecule has 1 fully saturated rings. The van der Waals surface area contributed by atoms with Crippen LogP contribution >= 0.6 is 15.9 Å². The minimum absolute atomic E-state index is 0.0404. The number of unbranched alkanes of at least 4 members (excludes halogenated alkanes) is 4. The summed E-state index contributed by atoms with van der Waals surface area (Å²) >= 11 is 3.65. The fourth-order valence-corrected chi connectivity index (χ4v) is 3.36. The van der Waals surface area contributed by atoms with E-state index in [1.54, 1.807) is 0 Å². The molecule has 24 heavy (non-hydrogen) atoms. The molecule has 1 aromatic carbocycles. The average molecular weight is 399 g/mol. The Hall–Kier alpha value is -0.420. The molecule has 0 N–H and O–H groups in total. The molecule has 136 valence electrons. The van der Waals surface area contributed by atoms with Gasteiger partial charge in [0.1, 0.15) is 0 Å². The summed E-state index contributed by atoms with van der Waals surface area (Å²) in [6, 6.07) is 6.38. The van der Waals surface area contributed by atoms with Crippen LogP contribution in [-0.2, 0) is 27.4 Å². The molecule has 0 radical (unpaired) electrons. The van der Waals surface area contributed by atoms with Gasteiger partial charge in [0.15, 0.2) is 6.29 Å². The summed E-state index contributed by atoms with van der Waals surface area (Å²) < 4.78 is 18.3. The second-order valence-corrected chi connectivity index (χ2v) is 7.35. The summed E-state index contributed by atoms with van der Waals surface area (Å²) in [5, 5.41) is 0. The first-order valence-electron chi connectivity index (χ1n) is 9.38. The van der Waals surface area contributed by atoms with Crippen LogP contribution in [0.3, 0.4) is 0 Å². The number of ether oxygens (including phenoxy) is 3. The molecule has 1 aliphatic heterocycles. The quantitative estimate of drug-likeness (QED) is 0.429. The lowest BCUT2D eigenvalue weighted by molar-refractivity contribution is -0.169. The summed E-state index contributed by atoms with van der Waals surface area (Å²) in [5.41, 5.74) is 2.36. The lowest BCUT2D eigenvalue weighted by Crippen LogP contribution is -2.22. The van der Waals surface area contributed by atoms with Crippen LogP contribution in [0.15, 0.2) is 22.7 Å². The maximum atomic E-state index is 5.85. The SMILES string of the molecule is CCCCCCCOCc1ccc(COC2CCCCO2)c(Br)c1. The van der Waals surface area contributed by atoms with E-state index < -0.39 is 0 Å². The van der Waals surface area contributed by atoms with Gasteiger partial charge in [-0.3, -0.25) is 0 Å². The lowest BCUT2D eigenvalue weighted by Gasteiger charge is -2.23. The van der Waals surface area contributed by atoms with Gasteiger partial charge in [-0.05, 0) is 42.9 Å². The van der Waals surface area contributed by atoms with Gasteiger partial charge < -0.3 is 14.2 Å². The maximum Gasteiger partial charge on any atom is 0.158 e. The van der Waals surface area contributed by atoms with Crippen LogP contribution in [0.5, 0.6) is 0 Å². The van der Waals surface area contributed by atoms with Crippen molar-refractivity contribution in [2.45, 2.75) is 77.8 Å². The van der Waals surface area contributed by atoms with Crippen LogP contribution in [0.4, 0.5) is 0 Å². The Kier molecular flexibility index (Phi) is 9.96. The Morgan fingerprint density at radius 2 is 2.00 bits per heavy atom. The van der Waals surface area contributed by atoms with Crippen molar-refractivity contribution in [1.82, 2.24) is 0 Å². The van der Waals surface area contributed by atoms with Crippen molar-refractivity contribution in [3.05, 3.63) is 33.8 Å². The summed E-state index contributed by atoms with van der Waals surface area (Å²) in [4.78, 5) is 0. The van der Waals surface area contributed by atoms with E-state index in [2.05, 4.69) is 41.1 Å². The number of hydrogen-bond donors (Lipinski definition) is 0. The van der Waals surface area contributed by atoms with Crippen LogP contribution in [0.2, 0.25) is 0 Å². The van der Waals surface area contributed by atoms with Crippen molar-refractivity contribution in [3.8, 4) is 0 Å². The first-order valence-corrected chi connectivity index (χ1v) is 10.2. The van der Waals surface area contributed by atoms with E-state index in [1.165, 1.54) is 37.7 Å². The van der Waals surface area contributed by atoms with Crippen molar-refractivity contribution in [2.75, 3.05) is 13.2 Å². The molecule has 1 heterocycles. The zero-order valence-corrected chi connectivity index (χ0v) is 16.5. The molecule has 0 bridgehead atoms. The monoisotopic (exact) mass is 398 g/mol. The van der Waals surface area contributed by atoms with E-state index in [1.807, 2.05) is 0 Å². The molecule has 1 unspecified atom stereocenters. The third-order valence-electron chi connectivity index (χ3n) is 4.34. The van der Waals surface area contributed by atoms with Gasteiger partial charge in [-0.2, -0.15) is 0 Å². The summed E-state index contributed by atoms with van der Waals surface area (Å²) in [7, 11) is 0. The molecule has 3 nitrogen and oxygen atoms in total. The largest absolute Gasteiger partial charge is 0.377 e. The predicted octanol–water partition coefficient (Wildman–Crippen LogP) is 5.98. The first kappa shape index (κ1) is 19.9. The molecule has 0 amide bonds. The van der Waals surface area contributed by atoms with Crippen molar-refractivity contribution < 1.29 is 14.2 Å². The molecule has 0 aliphatic carbocycles. The zero-order valence-electron chi connectivity index (χ0n) is 14.9. The Morgan fingerprint density at radius 1 is 1.12 bits per heavy atom. The van der Waals surface area contributed by atoms with E-state index in [4.69, 9.17) is 14.2 Å². The number of halogens is 1. The number of rotatable bonds is 11. The van der Waals surface area contributed by atoms with Crippen molar-refractivity contribution >= 4 is 15.9 Å². The van der Waals surface area contributed by atoms with Gasteiger partial charge in [0.25, 0.3) is 0 Å². The Balaban J connectivity index is 1.65. The van der Waals surface area contributed by atoms with Gasteiger partial charge in [0.2, 0.25) is 0 Å². The highest BCUT2D eigenvalue weighted by Gasteiger charge is 2.14. The standard InChI is InChI=1S/C20H31BrO3/c1-2-3-4-5-7-12-22-15-17-10-11-18(19(21)14-17)16-24-20-9-6-8-13-23-20/h10-11,14,20H,2-9,12-13,15-16H2,1H3. The summed E-state index contributed by atoms with van der Waals surface area (Å²) in [6.07, 6.45) is 9.69. The third-order valence-corrected chi connectivity index (χ3v) is 5.08. The summed E-state index contributed by atoms with van der Waals surface area (Å²) in [6.45, 7) is 5.18. The minimum atomic E-state index is -0.0404. The van der Waals surface area contributed by atoms with Gasteiger partial charge in [-0.1, -0.05) is 60.7 Å².